The van der Waals surface area contributed by atoms with Crippen LogP contribution in [0.2, 0.25) is 0 Å². The van der Waals surface area contributed by atoms with E-state index in [-0.39, 0.29) is 42.2 Å². The fourth-order valence-electron chi connectivity index (χ4n) is 5.92. The minimum atomic E-state index is -0.947. The van der Waals surface area contributed by atoms with Gasteiger partial charge in [0.15, 0.2) is 0 Å². The Kier molecular flexibility index (Phi) is 6.87. The predicted molar refractivity (Wildman–Crippen MR) is 116 cm³/mol. The number of carbonyl (C=O) groups is 3. The number of aliphatic carboxylic acids is 1. The maximum absolute atomic E-state index is 14.0. The van der Waals surface area contributed by atoms with Gasteiger partial charge < -0.3 is 20.0 Å². The van der Waals surface area contributed by atoms with Crippen molar-refractivity contribution in [1.29, 1.82) is 0 Å². The van der Waals surface area contributed by atoms with Crippen LogP contribution in [-0.2, 0) is 14.4 Å². The van der Waals surface area contributed by atoms with Crippen molar-refractivity contribution >= 4 is 29.5 Å². The predicted octanol–water partition coefficient (Wildman–Crippen LogP) is 1.99. The lowest BCUT2D eigenvalue weighted by Gasteiger charge is -2.41. The number of carboxylic acid groups (broad SMARTS) is 1. The molecule has 3 saturated heterocycles. The number of aliphatic hydroxyl groups excluding tert-OH is 1. The van der Waals surface area contributed by atoms with Crippen LogP contribution in [0.25, 0.3) is 0 Å². The van der Waals surface area contributed by atoms with Crippen molar-refractivity contribution < 1.29 is 24.6 Å². The van der Waals surface area contributed by atoms with E-state index in [0.29, 0.717) is 19.4 Å². The highest BCUT2D eigenvalue weighted by molar-refractivity contribution is 8.02. The second-order valence-electron chi connectivity index (χ2n) is 8.92. The lowest BCUT2D eigenvalue weighted by atomic mass is 9.66. The van der Waals surface area contributed by atoms with Crippen LogP contribution in [0, 0.1) is 17.8 Å². The number of amides is 2. The molecule has 0 radical (unpaired) electrons. The number of hydrogen-bond donors (Lipinski definition) is 2. The van der Waals surface area contributed by atoms with Crippen molar-refractivity contribution in [2.75, 3.05) is 19.7 Å². The van der Waals surface area contributed by atoms with Gasteiger partial charge in [-0.15, -0.1) is 18.3 Å². The SMILES string of the molecule is C=CCN(C(=O)C1N(CCCO)C(=O)[C@@H]2[C@@H](C(=O)O)[C@H]3CC(C)C12S3)C(C)CCC. The monoisotopic (exact) mass is 438 g/mol. The van der Waals surface area contributed by atoms with Gasteiger partial charge in [0.25, 0.3) is 0 Å². The number of thioether (sulfide) groups is 1. The second kappa shape index (κ2) is 8.91. The molecule has 0 aromatic rings. The van der Waals surface area contributed by atoms with Crippen LogP contribution >= 0.6 is 11.8 Å². The molecule has 0 aromatic heterocycles. The van der Waals surface area contributed by atoms with Gasteiger partial charge in [0.2, 0.25) is 11.8 Å². The van der Waals surface area contributed by atoms with Crippen molar-refractivity contribution in [3.05, 3.63) is 12.7 Å². The molecule has 0 aromatic carbocycles. The summed E-state index contributed by atoms with van der Waals surface area (Å²) >= 11 is 1.55. The Bertz CT molecular complexity index is 716. The van der Waals surface area contributed by atoms with Gasteiger partial charge in [-0.2, -0.15) is 0 Å². The molecule has 3 aliphatic rings. The molecule has 3 heterocycles. The van der Waals surface area contributed by atoms with Crippen molar-refractivity contribution in [1.82, 2.24) is 9.80 Å². The first-order valence-corrected chi connectivity index (χ1v) is 11.9. The number of fused-ring (bicyclic) bond motifs is 1. The molecule has 8 heteroatoms. The zero-order chi connectivity index (χ0) is 22.2. The molecule has 3 rings (SSSR count). The van der Waals surface area contributed by atoms with Crippen molar-refractivity contribution in [3.63, 3.8) is 0 Å². The van der Waals surface area contributed by atoms with Crippen molar-refractivity contribution in [2.45, 2.75) is 68.5 Å². The van der Waals surface area contributed by atoms with Crippen LogP contribution in [-0.4, -0.2) is 79.6 Å². The lowest BCUT2D eigenvalue weighted by Crippen LogP contribution is -2.58. The van der Waals surface area contributed by atoms with Gasteiger partial charge in [-0.3, -0.25) is 14.4 Å². The van der Waals surface area contributed by atoms with E-state index in [1.54, 1.807) is 27.6 Å². The van der Waals surface area contributed by atoms with Crippen LogP contribution in [0.5, 0.6) is 0 Å². The van der Waals surface area contributed by atoms with Gasteiger partial charge in [-0.25, -0.2) is 0 Å². The van der Waals surface area contributed by atoms with Crippen LogP contribution in [0.3, 0.4) is 0 Å². The van der Waals surface area contributed by atoms with E-state index in [1.807, 2.05) is 6.92 Å². The summed E-state index contributed by atoms with van der Waals surface area (Å²) in [6.45, 7) is 10.5. The molecule has 7 atom stereocenters. The van der Waals surface area contributed by atoms with Gasteiger partial charge in [0.05, 0.1) is 16.6 Å². The van der Waals surface area contributed by atoms with Gasteiger partial charge >= 0.3 is 5.97 Å². The molecule has 3 aliphatic heterocycles. The molecule has 2 amide bonds. The summed E-state index contributed by atoms with van der Waals surface area (Å²) in [5, 5.41) is 19.1. The van der Waals surface area contributed by atoms with Crippen LogP contribution in [0.1, 0.15) is 46.5 Å². The van der Waals surface area contributed by atoms with Gasteiger partial charge in [0.1, 0.15) is 6.04 Å². The molecule has 7 nitrogen and oxygen atoms in total. The van der Waals surface area contributed by atoms with Gasteiger partial charge in [0, 0.05) is 31.0 Å². The van der Waals surface area contributed by atoms with Gasteiger partial charge in [-0.1, -0.05) is 26.3 Å². The number of rotatable bonds is 10. The Morgan fingerprint density at radius 1 is 1.47 bits per heavy atom. The third-order valence-electron chi connectivity index (χ3n) is 7.17. The molecular weight excluding hydrogens is 404 g/mol. The minimum absolute atomic E-state index is 0.0000706. The Balaban J connectivity index is 2.06. The molecule has 0 saturated carbocycles. The molecule has 168 valence electrons. The van der Waals surface area contributed by atoms with E-state index in [2.05, 4.69) is 20.4 Å². The normalized spacial score (nSPS) is 35.4. The quantitative estimate of drug-likeness (QED) is 0.506. The smallest absolute Gasteiger partial charge is 0.308 e. The third kappa shape index (κ3) is 3.36. The number of likely N-dealkylation sites (tertiary alicyclic amines) is 1. The summed E-state index contributed by atoms with van der Waals surface area (Å²) in [6.07, 6.45) is 4.55. The van der Waals surface area contributed by atoms with E-state index in [4.69, 9.17) is 0 Å². The minimum Gasteiger partial charge on any atom is -0.481 e. The summed E-state index contributed by atoms with van der Waals surface area (Å²) in [5.74, 6) is -2.68. The fourth-order valence-corrected chi connectivity index (χ4v) is 8.33. The Morgan fingerprint density at radius 2 is 2.17 bits per heavy atom. The van der Waals surface area contributed by atoms with E-state index in [0.717, 1.165) is 12.8 Å². The summed E-state index contributed by atoms with van der Waals surface area (Å²) in [6, 6.07) is -0.699. The van der Waals surface area contributed by atoms with Crippen molar-refractivity contribution in [2.24, 2.45) is 17.8 Å². The van der Waals surface area contributed by atoms with Crippen LogP contribution < -0.4 is 0 Å². The average molecular weight is 439 g/mol. The lowest BCUT2D eigenvalue weighted by molar-refractivity contribution is -0.149. The number of hydrogen-bond acceptors (Lipinski definition) is 5. The largest absolute Gasteiger partial charge is 0.481 e. The second-order valence-corrected chi connectivity index (χ2v) is 10.5. The standard InChI is InChI=1S/C22H34N2O5S/c1-5-8-14(4)23(9-6-2)20(27)18-22-13(3)12-15(30-22)16(21(28)29)17(22)19(26)24(18)10-7-11-25/h6,13-18,25H,2,5,7-12H2,1,3-4H3,(H,28,29)/t13?,14?,15-,16+,17+,18?,22?/m1/s1. The first-order valence-electron chi connectivity index (χ1n) is 11.0. The first kappa shape index (κ1) is 23.1. The number of carbonyl (C=O) groups excluding carboxylic acids is 2. The highest BCUT2D eigenvalue weighted by Crippen LogP contribution is 2.68. The molecule has 3 fully saturated rings. The first-order chi connectivity index (χ1) is 14.3. The summed E-state index contributed by atoms with van der Waals surface area (Å²) in [7, 11) is 0. The van der Waals surface area contributed by atoms with Gasteiger partial charge in [-0.05, 0) is 32.1 Å². The fraction of sp³-hybridized carbons (Fsp3) is 0.773. The van der Waals surface area contributed by atoms with E-state index >= 15 is 0 Å². The summed E-state index contributed by atoms with van der Waals surface area (Å²) < 4.78 is -0.720. The molecule has 1 spiro atoms. The Hall–Kier alpha value is -1.54. The zero-order valence-corrected chi connectivity index (χ0v) is 18.9. The Morgan fingerprint density at radius 3 is 2.73 bits per heavy atom. The molecule has 0 aliphatic carbocycles. The highest BCUT2D eigenvalue weighted by atomic mass is 32.2. The zero-order valence-electron chi connectivity index (χ0n) is 18.1. The molecule has 30 heavy (non-hydrogen) atoms. The molecule has 4 unspecified atom stereocenters. The third-order valence-corrected chi connectivity index (χ3v) is 9.25. The maximum atomic E-state index is 14.0. The molecular formula is C22H34N2O5S. The summed E-state index contributed by atoms with van der Waals surface area (Å²) in [4.78, 5) is 42.9. The van der Waals surface area contributed by atoms with Crippen LogP contribution in [0.15, 0.2) is 12.7 Å². The number of aliphatic hydroxyl groups is 1. The summed E-state index contributed by atoms with van der Waals surface area (Å²) in [5.41, 5.74) is 0. The molecule has 2 N–H and O–H groups in total. The average Bonchev–Trinajstić information content (AvgIpc) is 3.28. The number of carboxylic acids is 1. The maximum Gasteiger partial charge on any atom is 0.308 e. The van der Waals surface area contributed by atoms with Crippen LogP contribution in [0.4, 0.5) is 0 Å². The number of nitrogens with zero attached hydrogens (tertiary/aromatic N) is 2. The highest BCUT2D eigenvalue weighted by Gasteiger charge is 2.76. The Labute approximate surface area is 182 Å². The topological polar surface area (TPSA) is 98.2 Å². The van der Waals surface area contributed by atoms with E-state index in [9.17, 15) is 24.6 Å². The van der Waals surface area contributed by atoms with E-state index in [1.165, 1.54) is 0 Å². The molecule has 2 bridgehead atoms. The van der Waals surface area contributed by atoms with E-state index < -0.39 is 28.6 Å². The van der Waals surface area contributed by atoms with Crippen molar-refractivity contribution in [3.8, 4) is 0 Å².